The zero-order valence-electron chi connectivity index (χ0n) is 12.7. The molecule has 0 atom stereocenters. The predicted molar refractivity (Wildman–Crippen MR) is 95.0 cm³/mol. The number of benzene rings is 2. The molecule has 0 bridgehead atoms. The summed E-state index contributed by atoms with van der Waals surface area (Å²) >= 11 is 6.01. The number of hydrogen-bond donors (Lipinski definition) is 1. The summed E-state index contributed by atoms with van der Waals surface area (Å²) in [5.74, 6) is 0.621. The SMILES string of the molecule is CCOc1cc(/C=C/c2ccc3ccc(Cl)cc3n2)ccc1O. The molecule has 3 rings (SSSR count). The molecule has 4 heteroatoms. The van der Waals surface area contributed by atoms with E-state index < -0.39 is 0 Å². The number of ether oxygens (including phenoxy) is 1. The minimum Gasteiger partial charge on any atom is -0.504 e. The second-order valence-electron chi connectivity index (χ2n) is 5.07. The van der Waals surface area contributed by atoms with Crippen LogP contribution in [0.3, 0.4) is 0 Å². The van der Waals surface area contributed by atoms with Crippen molar-refractivity contribution in [3.8, 4) is 11.5 Å². The maximum absolute atomic E-state index is 9.72. The van der Waals surface area contributed by atoms with Gasteiger partial charge in [0.1, 0.15) is 0 Å². The Hall–Kier alpha value is -2.52. The maximum atomic E-state index is 9.72. The van der Waals surface area contributed by atoms with E-state index in [4.69, 9.17) is 16.3 Å². The van der Waals surface area contributed by atoms with Gasteiger partial charge in [-0.3, -0.25) is 0 Å². The van der Waals surface area contributed by atoms with E-state index in [9.17, 15) is 5.11 Å². The van der Waals surface area contributed by atoms with Gasteiger partial charge < -0.3 is 9.84 Å². The fraction of sp³-hybridized carbons (Fsp3) is 0.105. The molecule has 0 spiro atoms. The molecule has 0 fully saturated rings. The average molecular weight is 326 g/mol. The molecule has 0 aliphatic heterocycles. The normalized spacial score (nSPS) is 11.2. The van der Waals surface area contributed by atoms with Crippen LogP contribution in [0.2, 0.25) is 5.02 Å². The number of phenols is 1. The van der Waals surface area contributed by atoms with Gasteiger partial charge >= 0.3 is 0 Å². The number of fused-ring (bicyclic) bond motifs is 1. The van der Waals surface area contributed by atoms with Crippen molar-refractivity contribution in [2.24, 2.45) is 0 Å². The zero-order chi connectivity index (χ0) is 16.2. The van der Waals surface area contributed by atoms with Gasteiger partial charge in [0.05, 0.1) is 17.8 Å². The topological polar surface area (TPSA) is 42.4 Å². The smallest absolute Gasteiger partial charge is 0.161 e. The molecule has 1 N–H and O–H groups in total. The molecule has 3 aromatic rings. The summed E-state index contributed by atoms with van der Waals surface area (Å²) < 4.78 is 5.39. The van der Waals surface area contributed by atoms with Gasteiger partial charge in [-0.25, -0.2) is 4.98 Å². The lowest BCUT2D eigenvalue weighted by Crippen LogP contribution is -1.92. The van der Waals surface area contributed by atoms with Crippen LogP contribution in [0.4, 0.5) is 0 Å². The number of hydrogen-bond acceptors (Lipinski definition) is 3. The molecular formula is C19H16ClNO2. The minimum absolute atomic E-state index is 0.141. The second kappa shape index (κ2) is 6.71. The second-order valence-corrected chi connectivity index (χ2v) is 5.50. The van der Waals surface area contributed by atoms with Gasteiger partial charge in [0.15, 0.2) is 11.5 Å². The summed E-state index contributed by atoms with van der Waals surface area (Å²) in [6.45, 7) is 2.39. The molecule has 116 valence electrons. The first kappa shape index (κ1) is 15.4. The number of rotatable bonds is 4. The van der Waals surface area contributed by atoms with Gasteiger partial charge in [-0.2, -0.15) is 0 Å². The van der Waals surface area contributed by atoms with Crippen LogP contribution in [0, 0.1) is 0 Å². The van der Waals surface area contributed by atoms with Crippen molar-refractivity contribution < 1.29 is 9.84 Å². The average Bonchev–Trinajstić information content (AvgIpc) is 2.55. The fourth-order valence-electron chi connectivity index (χ4n) is 2.29. The van der Waals surface area contributed by atoms with Crippen LogP contribution in [0.25, 0.3) is 23.1 Å². The first-order valence-corrected chi connectivity index (χ1v) is 7.74. The van der Waals surface area contributed by atoms with Crippen molar-refractivity contribution >= 4 is 34.7 Å². The highest BCUT2D eigenvalue weighted by Gasteiger charge is 2.02. The molecule has 0 radical (unpaired) electrons. The summed E-state index contributed by atoms with van der Waals surface area (Å²) in [4.78, 5) is 4.58. The van der Waals surface area contributed by atoms with Gasteiger partial charge in [0, 0.05) is 10.4 Å². The Morgan fingerprint density at radius 1 is 1.09 bits per heavy atom. The van der Waals surface area contributed by atoms with Gasteiger partial charge in [-0.15, -0.1) is 0 Å². The Morgan fingerprint density at radius 3 is 2.74 bits per heavy atom. The number of phenolic OH excluding ortho intramolecular Hbond substituents is 1. The van der Waals surface area contributed by atoms with Crippen molar-refractivity contribution in [2.75, 3.05) is 6.61 Å². The lowest BCUT2D eigenvalue weighted by Gasteiger charge is -2.06. The molecule has 0 amide bonds. The molecule has 1 heterocycles. The van der Waals surface area contributed by atoms with E-state index in [0.29, 0.717) is 17.4 Å². The van der Waals surface area contributed by atoms with Crippen LogP contribution in [0.1, 0.15) is 18.2 Å². The third-order valence-corrected chi connectivity index (χ3v) is 3.64. The van der Waals surface area contributed by atoms with Crippen molar-refractivity contribution in [2.45, 2.75) is 6.92 Å². The quantitative estimate of drug-likeness (QED) is 0.720. The lowest BCUT2D eigenvalue weighted by molar-refractivity contribution is 0.318. The molecule has 1 aromatic heterocycles. The molecule has 0 saturated heterocycles. The summed E-state index contributed by atoms with van der Waals surface area (Å²) in [5, 5.41) is 11.4. The van der Waals surface area contributed by atoms with Crippen LogP contribution < -0.4 is 4.74 Å². The number of aromatic nitrogens is 1. The van der Waals surface area contributed by atoms with Crippen LogP contribution in [0.5, 0.6) is 11.5 Å². The highest BCUT2D eigenvalue weighted by atomic mass is 35.5. The summed E-state index contributed by atoms with van der Waals surface area (Å²) in [6.07, 6.45) is 3.85. The molecule has 0 saturated carbocycles. The Kier molecular flexibility index (Phi) is 4.49. The Bertz CT molecular complexity index is 874. The van der Waals surface area contributed by atoms with Crippen molar-refractivity contribution in [3.63, 3.8) is 0 Å². The molecule has 0 unspecified atom stereocenters. The van der Waals surface area contributed by atoms with E-state index >= 15 is 0 Å². The standard InChI is InChI=1S/C19H16ClNO2/c1-2-23-19-11-13(4-10-18(19)22)3-8-16-9-6-14-5-7-15(20)12-17(14)21-16/h3-12,22H,2H2,1H3/b8-3+. The number of aromatic hydroxyl groups is 1. The Balaban J connectivity index is 1.89. The molecule has 0 aliphatic carbocycles. The fourth-order valence-corrected chi connectivity index (χ4v) is 2.45. The molecule has 3 nitrogen and oxygen atoms in total. The van der Waals surface area contributed by atoms with Crippen molar-refractivity contribution in [1.29, 1.82) is 0 Å². The monoisotopic (exact) mass is 325 g/mol. The van der Waals surface area contributed by atoms with E-state index in [1.165, 1.54) is 0 Å². The largest absolute Gasteiger partial charge is 0.504 e. The number of halogens is 1. The van der Waals surface area contributed by atoms with Crippen LogP contribution in [-0.4, -0.2) is 16.7 Å². The molecule has 0 aliphatic rings. The molecule has 2 aromatic carbocycles. The highest BCUT2D eigenvalue weighted by Crippen LogP contribution is 2.27. The van der Waals surface area contributed by atoms with Gasteiger partial charge in [0.25, 0.3) is 0 Å². The van der Waals surface area contributed by atoms with Crippen LogP contribution in [-0.2, 0) is 0 Å². The van der Waals surface area contributed by atoms with Crippen LogP contribution in [0.15, 0.2) is 48.5 Å². The lowest BCUT2D eigenvalue weighted by atomic mass is 10.1. The third kappa shape index (κ3) is 3.63. The highest BCUT2D eigenvalue weighted by molar-refractivity contribution is 6.31. The van der Waals surface area contributed by atoms with Crippen molar-refractivity contribution in [3.05, 3.63) is 64.8 Å². The Morgan fingerprint density at radius 2 is 1.91 bits per heavy atom. The van der Waals surface area contributed by atoms with Gasteiger partial charge in [-0.05, 0) is 48.9 Å². The third-order valence-electron chi connectivity index (χ3n) is 3.41. The van der Waals surface area contributed by atoms with Crippen LogP contribution >= 0.6 is 11.6 Å². The summed E-state index contributed by atoms with van der Waals surface area (Å²) in [5.41, 5.74) is 2.63. The van der Waals surface area contributed by atoms with E-state index in [0.717, 1.165) is 22.2 Å². The van der Waals surface area contributed by atoms with E-state index in [-0.39, 0.29) is 5.75 Å². The van der Waals surface area contributed by atoms with E-state index in [1.54, 1.807) is 12.1 Å². The predicted octanol–water partition coefficient (Wildman–Crippen LogP) is 5.16. The number of pyridine rings is 1. The van der Waals surface area contributed by atoms with Gasteiger partial charge in [-0.1, -0.05) is 35.9 Å². The zero-order valence-corrected chi connectivity index (χ0v) is 13.4. The first-order chi connectivity index (χ1) is 11.2. The van der Waals surface area contributed by atoms with Gasteiger partial charge in [0.2, 0.25) is 0 Å². The summed E-state index contributed by atoms with van der Waals surface area (Å²) in [6, 6.07) is 14.9. The van der Waals surface area contributed by atoms with E-state index in [2.05, 4.69) is 4.98 Å². The first-order valence-electron chi connectivity index (χ1n) is 7.36. The minimum atomic E-state index is 0.141. The maximum Gasteiger partial charge on any atom is 0.161 e. The van der Waals surface area contributed by atoms with Crippen molar-refractivity contribution in [1.82, 2.24) is 4.98 Å². The molecule has 23 heavy (non-hydrogen) atoms. The molecular weight excluding hydrogens is 310 g/mol. The number of nitrogens with zero attached hydrogens (tertiary/aromatic N) is 1. The summed E-state index contributed by atoms with van der Waals surface area (Å²) in [7, 11) is 0. The Labute approximate surface area is 139 Å². The van der Waals surface area contributed by atoms with E-state index in [1.807, 2.05) is 55.5 Å².